The van der Waals surface area contributed by atoms with E-state index < -0.39 is 15.4 Å². The topological polar surface area (TPSA) is 77.4 Å². The smallest absolute Gasteiger partial charge is 0.748 e. The SMILES string of the molecule is CCCCCCCCC(O)CCCCCC(CCCCCC)S(=O)(=O)[O-].[K+]. The molecular weight excluding hydrogens is 387 g/mol. The van der Waals surface area contributed by atoms with E-state index in [1.165, 1.54) is 32.1 Å². The average molecular weight is 431 g/mol. The molecule has 0 fully saturated rings. The van der Waals surface area contributed by atoms with Crippen LogP contribution < -0.4 is 51.4 Å². The van der Waals surface area contributed by atoms with Crippen molar-refractivity contribution >= 4 is 10.1 Å². The number of hydrogen-bond acceptors (Lipinski definition) is 4. The van der Waals surface area contributed by atoms with E-state index in [1.54, 1.807) is 0 Å². The zero-order valence-electron chi connectivity index (χ0n) is 18.3. The van der Waals surface area contributed by atoms with Crippen molar-refractivity contribution in [2.24, 2.45) is 0 Å². The van der Waals surface area contributed by atoms with Crippen molar-refractivity contribution in [1.29, 1.82) is 0 Å². The van der Waals surface area contributed by atoms with E-state index in [0.717, 1.165) is 64.2 Å². The monoisotopic (exact) mass is 430 g/mol. The van der Waals surface area contributed by atoms with E-state index in [9.17, 15) is 18.1 Å². The Balaban J connectivity index is 0. The fourth-order valence-corrected chi connectivity index (χ4v) is 4.38. The molecule has 0 aliphatic rings. The summed E-state index contributed by atoms with van der Waals surface area (Å²) in [6.45, 7) is 4.33. The fourth-order valence-electron chi connectivity index (χ4n) is 3.47. The quantitative estimate of drug-likeness (QED) is 0.194. The Morgan fingerprint density at radius 1 is 0.667 bits per heavy atom. The summed E-state index contributed by atoms with van der Waals surface area (Å²) in [5.74, 6) is 0. The normalized spacial score (nSPS) is 13.9. The summed E-state index contributed by atoms with van der Waals surface area (Å²) >= 11 is 0. The molecule has 0 aromatic heterocycles. The maximum atomic E-state index is 11.4. The van der Waals surface area contributed by atoms with Crippen LogP contribution >= 0.6 is 0 Å². The first-order chi connectivity index (χ1) is 12.4. The second-order valence-corrected chi connectivity index (χ2v) is 9.46. The van der Waals surface area contributed by atoms with Gasteiger partial charge in [-0.3, -0.25) is 0 Å². The van der Waals surface area contributed by atoms with E-state index in [4.69, 9.17) is 0 Å². The third kappa shape index (κ3) is 20.6. The molecule has 0 heterocycles. The van der Waals surface area contributed by atoms with Crippen LogP contribution in [-0.2, 0) is 10.1 Å². The van der Waals surface area contributed by atoms with Gasteiger partial charge in [0.2, 0.25) is 0 Å². The molecule has 0 aromatic carbocycles. The predicted molar refractivity (Wildman–Crippen MR) is 109 cm³/mol. The summed E-state index contributed by atoms with van der Waals surface area (Å²) in [5, 5.41) is 9.30. The summed E-state index contributed by atoms with van der Waals surface area (Å²) < 4.78 is 34.2. The summed E-state index contributed by atoms with van der Waals surface area (Å²) in [5.41, 5.74) is 0. The van der Waals surface area contributed by atoms with Crippen LogP contribution in [0.4, 0.5) is 0 Å². The summed E-state index contributed by atoms with van der Waals surface area (Å²) in [7, 11) is -4.18. The van der Waals surface area contributed by atoms with Gasteiger partial charge in [-0.15, -0.1) is 0 Å². The van der Waals surface area contributed by atoms with Crippen LogP contribution in [0, 0.1) is 0 Å². The van der Waals surface area contributed by atoms with Crippen molar-refractivity contribution in [2.45, 2.75) is 134 Å². The van der Waals surface area contributed by atoms with E-state index in [-0.39, 0.29) is 57.5 Å². The Kier molecular flexibility index (Phi) is 23.6. The molecule has 0 saturated carbocycles. The zero-order chi connectivity index (χ0) is 19.7. The van der Waals surface area contributed by atoms with Crippen LogP contribution in [0.1, 0.15) is 123 Å². The van der Waals surface area contributed by atoms with Crippen LogP contribution in [0.5, 0.6) is 0 Å². The Morgan fingerprint density at radius 3 is 1.44 bits per heavy atom. The molecule has 0 amide bonds. The number of unbranched alkanes of at least 4 members (excludes halogenated alkanes) is 10. The predicted octanol–water partition coefficient (Wildman–Crippen LogP) is 2.94. The third-order valence-electron chi connectivity index (χ3n) is 5.24. The van der Waals surface area contributed by atoms with Gasteiger partial charge in [-0.1, -0.05) is 97.3 Å². The van der Waals surface area contributed by atoms with Gasteiger partial charge < -0.3 is 9.66 Å². The molecule has 0 bridgehead atoms. The third-order valence-corrected chi connectivity index (χ3v) is 6.53. The van der Waals surface area contributed by atoms with Crippen LogP contribution in [0.3, 0.4) is 0 Å². The Hall–Kier alpha value is 1.51. The fraction of sp³-hybridized carbons (Fsp3) is 1.00. The minimum Gasteiger partial charge on any atom is -0.748 e. The van der Waals surface area contributed by atoms with Gasteiger partial charge in [0.05, 0.1) is 16.2 Å². The average Bonchev–Trinajstić information content (AvgIpc) is 2.58. The molecule has 2 atom stereocenters. The standard InChI is InChI=1S/C21H44O4S.K/c1-3-5-7-9-10-12-16-20(22)17-13-11-15-19-21(26(23,24)25)18-14-8-6-4-2;/h20-22H,3-19H2,1-2H3,(H,23,24,25);/q;+1/p-1. The molecule has 6 heteroatoms. The van der Waals surface area contributed by atoms with Gasteiger partial charge >= 0.3 is 51.4 Å². The molecule has 0 aliphatic carbocycles. The van der Waals surface area contributed by atoms with E-state index in [0.29, 0.717) is 12.8 Å². The second-order valence-electron chi connectivity index (χ2n) is 7.81. The molecule has 1 N–H and O–H groups in total. The molecular formula is C21H43KO4S. The molecule has 27 heavy (non-hydrogen) atoms. The maximum absolute atomic E-state index is 11.4. The van der Waals surface area contributed by atoms with Crippen molar-refractivity contribution in [3.05, 3.63) is 0 Å². The number of rotatable bonds is 19. The van der Waals surface area contributed by atoms with E-state index >= 15 is 0 Å². The van der Waals surface area contributed by atoms with Crippen molar-refractivity contribution in [3.8, 4) is 0 Å². The van der Waals surface area contributed by atoms with Crippen LogP contribution in [0.25, 0.3) is 0 Å². The molecule has 158 valence electrons. The van der Waals surface area contributed by atoms with Crippen molar-refractivity contribution in [3.63, 3.8) is 0 Å². The van der Waals surface area contributed by atoms with Gasteiger partial charge in [-0.05, 0) is 25.7 Å². The van der Waals surface area contributed by atoms with Gasteiger partial charge in [-0.2, -0.15) is 0 Å². The van der Waals surface area contributed by atoms with E-state index in [1.807, 2.05) is 0 Å². The summed E-state index contributed by atoms with van der Waals surface area (Å²) in [6, 6.07) is 0. The van der Waals surface area contributed by atoms with Crippen LogP contribution in [0.15, 0.2) is 0 Å². The van der Waals surface area contributed by atoms with Gasteiger partial charge in [0.1, 0.15) is 0 Å². The molecule has 0 spiro atoms. The molecule has 0 aromatic rings. The van der Waals surface area contributed by atoms with Gasteiger partial charge in [-0.25, -0.2) is 8.42 Å². The zero-order valence-corrected chi connectivity index (χ0v) is 22.2. The van der Waals surface area contributed by atoms with Crippen molar-refractivity contribution in [2.75, 3.05) is 0 Å². The minimum absolute atomic E-state index is 0. The summed E-state index contributed by atoms with van der Waals surface area (Å²) in [6.07, 6.45) is 16.5. The van der Waals surface area contributed by atoms with Gasteiger partial charge in [0.15, 0.2) is 0 Å². The Morgan fingerprint density at radius 2 is 1.00 bits per heavy atom. The molecule has 2 unspecified atom stereocenters. The molecule has 0 radical (unpaired) electrons. The molecule has 0 rings (SSSR count). The number of hydrogen-bond donors (Lipinski definition) is 1. The van der Waals surface area contributed by atoms with E-state index in [2.05, 4.69) is 13.8 Å². The largest absolute Gasteiger partial charge is 1.00 e. The molecule has 4 nitrogen and oxygen atoms in total. The first kappa shape index (κ1) is 30.7. The van der Waals surface area contributed by atoms with Crippen LogP contribution in [-0.4, -0.2) is 29.4 Å². The van der Waals surface area contributed by atoms with Crippen LogP contribution in [0.2, 0.25) is 0 Å². The van der Waals surface area contributed by atoms with Crippen molar-refractivity contribution < 1.29 is 69.5 Å². The number of aliphatic hydroxyl groups excluding tert-OH is 1. The second kappa shape index (κ2) is 20.8. The van der Waals surface area contributed by atoms with Gasteiger partial charge in [0.25, 0.3) is 0 Å². The molecule has 0 aliphatic heterocycles. The maximum Gasteiger partial charge on any atom is 1.00 e. The number of aliphatic hydroxyl groups is 1. The van der Waals surface area contributed by atoms with Crippen molar-refractivity contribution in [1.82, 2.24) is 0 Å². The molecule has 0 saturated heterocycles. The first-order valence-corrected chi connectivity index (χ1v) is 12.5. The van der Waals surface area contributed by atoms with Gasteiger partial charge in [0, 0.05) is 5.25 Å². The minimum atomic E-state index is -4.18. The Bertz CT molecular complexity index is 401. The summed E-state index contributed by atoms with van der Waals surface area (Å²) in [4.78, 5) is 0. The Labute approximate surface area is 211 Å². The first-order valence-electron chi connectivity index (χ1n) is 11.0.